The molecule has 4 heteroatoms. The maximum absolute atomic E-state index is 6.67. The van der Waals surface area contributed by atoms with Crippen LogP contribution in [0.1, 0.15) is 33.5 Å². The molecule has 2 aliphatic rings. The maximum Gasteiger partial charge on any atom is 0.161 e. The summed E-state index contributed by atoms with van der Waals surface area (Å²) in [5.41, 5.74) is 17.8. The van der Waals surface area contributed by atoms with Gasteiger partial charge in [0.05, 0.1) is 16.8 Å². The number of ether oxygens (including phenoxy) is 1. The lowest BCUT2D eigenvalue weighted by molar-refractivity contribution is 0.436. The third kappa shape index (κ3) is 5.26. The Balaban J connectivity index is 1.20. The SMILES string of the molecule is Cc1cnc(C)c(-c2cccc(-c3ccc4c(c3)-c3c(-c5nc(-c6ccccc6)cc(-c6ccccc6)n5)cccc3C43c4ccccc4Oc4ccccc43)c2)c1. The highest BCUT2D eigenvalue weighted by atomic mass is 16.5. The summed E-state index contributed by atoms with van der Waals surface area (Å²) in [4.78, 5) is 15.4. The Morgan fingerprint density at radius 1 is 0.414 bits per heavy atom. The van der Waals surface area contributed by atoms with Crippen LogP contribution in [0.5, 0.6) is 11.5 Å². The summed E-state index contributed by atoms with van der Waals surface area (Å²) in [6.45, 7) is 4.18. The Hall–Kier alpha value is -7.43. The fourth-order valence-corrected chi connectivity index (χ4v) is 9.20. The molecule has 3 heterocycles. The number of hydrogen-bond donors (Lipinski definition) is 0. The number of aromatic nitrogens is 3. The van der Waals surface area contributed by atoms with Crippen molar-refractivity contribution in [3.8, 4) is 78.8 Å². The lowest BCUT2D eigenvalue weighted by Gasteiger charge is -2.39. The van der Waals surface area contributed by atoms with E-state index in [9.17, 15) is 0 Å². The van der Waals surface area contributed by atoms with Crippen LogP contribution in [0.4, 0.5) is 0 Å². The van der Waals surface area contributed by atoms with Crippen molar-refractivity contribution in [1.29, 1.82) is 0 Å². The molecule has 0 amide bonds. The van der Waals surface area contributed by atoms with Gasteiger partial charge in [0.2, 0.25) is 0 Å². The third-order valence-corrected chi connectivity index (χ3v) is 11.8. The smallest absolute Gasteiger partial charge is 0.161 e. The van der Waals surface area contributed by atoms with Crippen LogP contribution in [-0.2, 0) is 5.41 Å². The first kappa shape index (κ1) is 33.9. The fourth-order valence-electron chi connectivity index (χ4n) is 9.20. The Morgan fingerprint density at radius 2 is 0.983 bits per heavy atom. The van der Waals surface area contributed by atoms with Crippen LogP contribution in [-0.4, -0.2) is 15.0 Å². The second-order valence-corrected chi connectivity index (χ2v) is 15.3. The predicted octanol–water partition coefficient (Wildman–Crippen LogP) is 13.3. The lowest BCUT2D eigenvalue weighted by atomic mass is 9.66. The molecular formula is C54H37N3O. The molecule has 2 aromatic heterocycles. The van der Waals surface area contributed by atoms with Gasteiger partial charge in [-0.3, -0.25) is 4.98 Å². The Kier molecular flexibility index (Phi) is 7.80. The van der Waals surface area contributed by atoms with Gasteiger partial charge < -0.3 is 4.74 Å². The van der Waals surface area contributed by atoms with E-state index in [1.807, 2.05) is 18.3 Å². The van der Waals surface area contributed by atoms with Crippen molar-refractivity contribution in [3.63, 3.8) is 0 Å². The molecular weight excluding hydrogens is 707 g/mol. The van der Waals surface area contributed by atoms with Crippen molar-refractivity contribution in [2.75, 3.05) is 0 Å². The highest BCUT2D eigenvalue weighted by molar-refractivity contribution is 5.97. The topological polar surface area (TPSA) is 47.9 Å². The summed E-state index contributed by atoms with van der Waals surface area (Å²) in [6, 6.07) is 64.6. The average Bonchev–Trinajstić information content (AvgIpc) is 3.58. The van der Waals surface area contributed by atoms with Gasteiger partial charge in [0, 0.05) is 45.3 Å². The minimum atomic E-state index is -0.643. The number of nitrogens with zero attached hydrogens (tertiary/aromatic N) is 3. The van der Waals surface area contributed by atoms with Crippen LogP contribution in [0, 0.1) is 13.8 Å². The molecule has 7 aromatic carbocycles. The average molecular weight is 744 g/mol. The molecule has 1 aliphatic heterocycles. The van der Waals surface area contributed by atoms with E-state index in [-0.39, 0.29) is 0 Å². The van der Waals surface area contributed by atoms with Crippen molar-refractivity contribution < 1.29 is 4.74 Å². The highest BCUT2D eigenvalue weighted by Gasteiger charge is 2.51. The molecule has 58 heavy (non-hydrogen) atoms. The van der Waals surface area contributed by atoms with E-state index >= 15 is 0 Å². The number of para-hydroxylation sites is 2. The summed E-state index contributed by atoms with van der Waals surface area (Å²) >= 11 is 0. The van der Waals surface area contributed by atoms with Crippen molar-refractivity contribution in [2.45, 2.75) is 19.3 Å². The van der Waals surface area contributed by atoms with Gasteiger partial charge in [-0.1, -0.05) is 146 Å². The van der Waals surface area contributed by atoms with E-state index < -0.39 is 5.41 Å². The first-order valence-electron chi connectivity index (χ1n) is 19.8. The number of pyridine rings is 1. The molecule has 4 nitrogen and oxygen atoms in total. The number of aryl methyl sites for hydroxylation is 2. The number of rotatable bonds is 5. The second kappa shape index (κ2) is 13.4. The van der Waals surface area contributed by atoms with Gasteiger partial charge in [-0.25, -0.2) is 9.97 Å². The van der Waals surface area contributed by atoms with Crippen LogP contribution in [0.2, 0.25) is 0 Å². The Morgan fingerprint density at radius 3 is 1.67 bits per heavy atom. The fraction of sp³-hybridized carbons (Fsp3) is 0.0556. The number of benzene rings is 7. The molecule has 274 valence electrons. The van der Waals surface area contributed by atoms with Crippen molar-refractivity contribution in [3.05, 3.63) is 222 Å². The maximum atomic E-state index is 6.67. The molecule has 9 aromatic rings. The van der Waals surface area contributed by atoms with E-state index in [1.165, 1.54) is 11.1 Å². The zero-order valence-electron chi connectivity index (χ0n) is 32.1. The molecule has 0 fully saturated rings. The molecule has 0 radical (unpaired) electrons. The van der Waals surface area contributed by atoms with Crippen LogP contribution < -0.4 is 4.74 Å². The molecule has 1 spiro atoms. The summed E-state index contributed by atoms with van der Waals surface area (Å²) < 4.78 is 6.67. The Bertz CT molecular complexity index is 2960. The number of hydrogen-bond acceptors (Lipinski definition) is 4. The van der Waals surface area contributed by atoms with Crippen molar-refractivity contribution in [1.82, 2.24) is 15.0 Å². The molecule has 11 rings (SSSR count). The Labute approximate surface area is 338 Å². The second-order valence-electron chi connectivity index (χ2n) is 15.3. The minimum Gasteiger partial charge on any atom is -0.457 e. The molecule has 0 saturated heterocycles. The normalized spacial score (nSPS) is 12.9. The third-order valence-electron chi connectivity index (χ3n) is 11.8. The largest absolute Gasteiger partial charge is 0.457 e. The van der Waals surface area contributed by atoms with Crippen LogP contribution in [0.15, 0.2) is 188 Å². The van der Waals surface area contributed by atoms with Gasteiger partial charge in [0.25, 0.3) is 0 Å². The van der Waals surface area contributed by atoms with E-state index in [4.69, 9.17) is 14.7 Å². The molecule has 0 N–H and O–H groups in total. The molecule has 0 saturated carbocycles. The van der Waals surface area contributed by atoms with Gasteiger partial charge in [0.15, 0.2) is 5.82 Å². The highest BCUT2D eigenvalue weighted by Crippen LogP contribution is 2.63. The van der Waals surface area contributed by atoms with Gasteiger partial charge in [-0.15, -0.1) is 0 Å². The zero-order valence-corrected chi connectivity index (χ0v) is 32.1. The quantitative estimate of drug-likeness (QED) is 0.176. The van der Waals surface area contributed by atoms with Gasteiger partial charge in [-0.05, 0) is 94.8 Å². The standard InChI is InChI=1S/C54H37N3O/c1-34-29-42(35(2)55-33-34)40-20-13-19-38(30-40)39-27-28-44-43(31-39)52-41(53-56-48(36-15-5-3-6-16-36)32-49(57-53)37-17-7-4-8-18-37)21-14-24-47(52)54(44)45-22-9-11-25-50(45)58-51-26-12-10-23-46(51)54/h3-33H,1-2H3. The summed E-state index contributed by atoms with van der Waals surface area (Å²) in [5, 5.41) is 0. The van der Waals surface area contributed by atoms with Gasteiger partial charge in [0.1, 0.15) is 11.5 Å². The van der Waals surface area contributed by atoms with E-state index in [1.54, 1.807) is 0 Å². The van der Waals surface area contributed by atoms with Crippen molar-refractivity contribution in [2.24, 2.45) is 0 Å². The van der Waals surface area contributed by atoms with Gasteiger partial charge in [-0.2, -0.15) is 0 Å². The van der Waals surface area contributed by atoms with Crippen LogP contribution in [0.3, 0.4) is 0 Å². The molecule has 0 unspecified atom stereocenters. The van der Waals surface area contributed by atoms with E-state index in [0.29, 0.717) is 5.82 Å². The summed E-state index contributed by atoms with van der Waals surface area (Å²) in [7, 11) is 0. The molecule has 0 bridgehead atoms. The molecule has 0 atom stereocenters. The van der Waals surface area contributed by atoms with E-state index in [2.05, 4.69) is 189 Å². The van der Waals surface area contributed by atoms with Crippen LogP contribution >= 0.6 is 0 Å². The predicted molar refractivity (Wildman–Crippen MR) is 234 cm³/mol. The minimum absolute atomic E-state index is 0.643. The number of fused-ring (bicyclic) bond motifs is 9. The first-order chi connectivity index (χ1) is 28.6. The first-order valence-corrected chi connectivity index (χ1v) is 19.8. The lowest BCUT2D eigenvalue weighted by Crippen LogP contribution is -2.32. The monoisotopic (exact) mass is 743 g/mol. The summed E-state index contributed by atoms with van der Waals surface area (Å²) in [5.74, 6) is 2.40. The van der Waals surface area contributed by atoms with Crippen LogP contribution in [0.25, 0.3) is 67.3 Å². The summed E-state index contributed by atoms with van der Waals surface area (Å²) in [6.07, 6.45) is 1.93. The van der Waals surface area contributed by atoms with Crippen molar-refractivity contribution >= 4 is 0 Å². The zero-order chi connectivity index (χ0) is 38.8. The molecule has 1 aliphatic carbocycles. The van der Waals surface area contributed by atoms with Gasteiger partial charge >= 0.3 is 0 Å². The van der Waals surface area contributed by atoms with E-state index in [0.717, 1.165) is 95.3 Å².